The first-order valence-corrected chi connectivity index (χ1v) is 4.59. The molecule has 2 heterocycles. The van der Waals surface area contributed by atoms with Crippen LogP contribution < -0.4 is 0 Å². The van der Waals surface area contributed by atoms with Gasteiger partial charge in [-0.3, -0.25) is 0 Å². The van der Waals surface area contributed by atoms with Crippen LogP contribution in [0.4, 0.5) is 0 Å². The number of methoxy groups -OCH3 is 1. The van der Waals surface area contributed by atoms with Crippen LogP contribution in [0.25, 0.3) is 0 Å². The number of ether oxygens (including phenoxy) is 3. The first-order chi connectivity index (χ1) is 5.77. The van der Waals surface area contributed by atoms with Gasteiger partial charge in [-0.25, -0.2) is 0 Å². The number of hydrogen-bond donors (Lipinski definition) is 0. The highest BCUT2D eigenvalue weighted by Crippen LogP contribution is 2.40. The van der Waals surface area contributed by atoms with Crippen LogP contribution in [0.3, 0.4) is 0 Å². The van der Waals surface area contributed by atoms with Crippen molar-refractivity contribution in [3.05, 3.63) is 0 Å². The topological polar surface area (TPSA) is 27.7 Å². The van der Waals surface area contributed by atoms with Crippen LogP contribution in [-0.2, 0) is 14.2 Å². The molecule has 0 aromatic heterocycles. The van der Waals surface area contributed by atoms with Gasteiger partial charge in [-0.2, -0.15) is 0 Å². The van der Waals surface area contributed by atoms with Gasteiger partial charge in [0.2, 0.25) is 0 Å². The molecule has 2 bridgehead atoms. The van der Waals surface area contributed by atoms with Gasteiger partial charge in [0, 0.05) is 7.11 Å². The predicted molar refractivity (Wildman–Crippen MR) is 43.9 cm³/mol. The molecule has 2 fully saturated rings. The maximum Gasteiger partial charge on any atom is 0.159 e. The second-order valence-electron chi connectivity index (χ2n) is 3.72. The van der Waals surface area contributed by atoms with E-state index >= 15 is 0 Å². The minimum absolute atomic E-state index is 0.0314. The van der Waals surface area contributed by atoms with Crippen molar-refractivity contribution in [1.29, 1.82) is 0 Å². The van der Waals surface area contributed by atoms with Crippen LogP contribution in [0.2, 0.25) is 0 Å². The summed E-state index contributed by atoms with van der Waals surface area (Å²) in [5.74, 6) is 0. The number of hydrogen-bond acceptors (Lipinski definition) is 3. The van der Waals surface area contributed by atoms with Crippen molar-refractivity contribution in [3.63, 3.8) is 0 Å². The van der Waals surface area contributed by atoms with Crippen LogP contribution in [-0.4, -0.2) is 31.7 Å². The van der Waals surface area contributed by atoms with Gasteiger partial charge in [-0.05, 0) is 26.2 Å². The van der Waals surface area contributed by atoms with Gasteiger partial charge in [0.05, 0.1) is 12.7 Å². The van der Waals surface area contributed by atoms with Gasteiger partial charge >= 0.3 is 0 Å². The van der Waals surface area contributed by atoms with Crippen molar-refractivity contribution < 1.29 is 14.2 Å². The fraction of sp³-hybridized carbons (Fsp3) is 1.00. The Balaban J connectivity index is 2.11. The van der Waals surface area contributed by atoms with Crippen molar-refractivity contribution in [2.45, 2.75) is 44.2 Å². The summed E-state index contributed by atoms with van der Waals surface area (Å²) >= 11 is 0. The van der Waals surface area contributed by atoms with Crippen LogP contribution in [0.15, 0.2) is 0 Å². The Kier molecular flexibility index (Phi) is 2.10. The van der Waals surface area contributed by atoms with Crippen molar-refractivity contribution in [2.75, 3.05) is 13.7 Å². The van der Waals surface area contributed by atoms with E-state index in [1.54, 1.807) is 7.11 Å². The van der Waals surface area contributed by atoms with Gasteiger partial charge in [0.15, 0.2) is 6.29 Å². The SMILES string of the molecule is COC[C@]12CCC[C@H](O[C@@H]1C)O2. The van der Waals surface area contributed by atoms with Gasteiger partial charge < -0.3 is 14.2 Å². The average molecular weight is 172 g/mol. The molecule has 0 radical (unpaired) electrons. The fourth-order valence-corrected chi connectivity index (χ4v) is 2.16. The normalized spacial score (nSPS) is 46.5. The third-order valence-corrected chi connectivity index (χ3v) is 2.89. The van der Waals surface area contributed by atoms with Crippen LogP contribution in [0.1, 0.15) is 26.2 Å². The Morgan fingerprint density at radius 2 is 2.42 bits per heavy atom. The minimum atomic E-state index is -0.141. The van der Waals surface area contributed by atoms with Crippen LogP contribution in [0.5, 0.6) is 0 Å². The van der Waals surface area contributed by atoms with E-state index < -0.39 is 0 Å². The van der Waals surface area contributed by atoms with Crippen LogP contribution >= 0.6 is 0 Å². The summed E-state index contributed by atoms with van der Waals surface area (Å²) in [6.45, 7) is 2.73. The zero-order chi connectivity index (χ0) is 8.60. The zero-order valence-corrected chi connectivity index (χ0v) is 7.71. The predicted octanol–water partition coefficient (Wildman–Crippen LogP) is 1.32. The van der Waals surface area contributed by atoms with Gasteiger partial charge in [-0.1, -0.05) is 0 Å². The molecule has 70 valence electrons. The lowest BCUT2D eigenvalue weighted by Crippen LogP contribution is -2.44. The van der Waals surface area contributed by atoms with E-state index in [0.29, 0.717) is 6.61 Å². The van der Waals surface area contributed by atoms with Crippen molar-refractivity contribution in [3.8, 4) is 0 Å². The minimum Gasteiger partial charge on any atom is -0.382 e. The maximum atomic E-state index is 5.79. The summed E-state index contributed by atoms with van der Waals surface area (Å²) in [5, 5.41) is 0. The molecule has 2 rings (SSSR count). The molecule has 2 aliphatic rings. The standard InChI is InChI=1S/C9H16O3/c1-7-9(6-10-2)5-3-4-8(11-7)12-9/h7-8H,3-6H2,1-2H3/t7-,8-,9-/m1/s1. The zero-order valence-electron chi connectivity index (χ0n) is 7.71. The van der Waals surface area contributed by atoms with E-state index in [1.807, 2.05) is 0 Å². The highest BCUT2D eigenvalue weighted by molar-refractivity contribution is 4.94. The third-order valence-electron chi connectivity index (χ3n) is 2.89. The third kappa shape index (κ3) is 1.16. The second kappa shape index (κ2) is 2.98. The monoisotopic (exact) mass is 172 g/mol. The summed E-state index contributed by atoms with van der Waals surface area (Å²) in [5.41, 5.74) is -0.141. The molecule has 0 aliphatic carbocycles. The van der Waals surface area contributed by atoms with Gasteiger partial charge in [0.25, 0.3) is 0 Å². The Labute approximate surface area is 73.0 Å². The van der Waals surface area contributed by atoms with Gasteiger partial charge in [0.1, 0.15) is 5.60 Å². The molecule has 3 nitrogen and oxygen atoms in total. The molecule has 0 amide bonds. The highest BCUT2D eigenvalue weighted by Gasteiger charge is 2.49. The Morgan fingerprint density at radius 3 is 3.17 bits per heavy atom. The molecule has 0 saturated carbocycles. The summed E-state index contributed by atoms with van der Waals surface area (Å²) in [6.07, 6.45) is 3.51. The molecule has 3 heteroatoms. The largest absolute Gasteiger partial charge is 0.382 e. The molecule has 2 saturated heterocycles. The van der Waals surface area contributed by atoms with E-state index in [1.165, 1.54) is 6.42 Å². The fourth-order valence-electron chi connectivity index (χ4n) is 2.16. The Morgan fingerprint density at radius 1 is 1.58 bits per heavy atom. The van der Waals surface area contributed by atoms with Crippen molar-refractivity contribution in [1.82, 2.24) is 0 Å². The van der Waals surface area contributed by atoms with Crippen molar-refractivity contribution in [2.24, 2.45) is 0 Å². The van der Waals surface area contributed by atoms with E-state index in [-0.39, 0.29) is 18.0 Å². The van der Waals surface area contributed by atoms with Crippen LogP contribution in [0, 0.1) is 0 Å². The second-order valence-corrected chi connectivity index (χ2v) is 3.72. The number of fused-ring (bicyclic) bond motifs is 2. The molecule has 0 aromatic rings. The summed E-state index contributed by atoms with van der Waals surface area (Å²) in [7, 11) is 1.72. The molecule has 0 spiro atoms. The smallest absolute Gasteiger partial charge is 0.159 e. The lowest BCUT2D eigenvalue weighted by atomic mass is 9.91. The lowest BCUT2D eigenvalue weighted by Gasteiger charge is -2.32. The summed E-state index contributed by atoms with van der Waals surface area (Å²) < 4.78 is 16.6. The average Bonchev–Trinajstić information content (AvgIpc) is 2.24. The van der Waals surface area contributed by atoms with E-state index in [9.17, 15) is 0 Å². The summed E-state index contributed by atoms with van der Waals surface area (Å²) in [4.78, 5) is 0. The molecule has 0 unspecified atom stereocenters. The molecule has 2 aliphatic heterocycles. The quantitative estimate of drug-likeness (QED) is 0.628. The lowest BCUT2D eigenvalue weighted by molar-refractivity contribution is -0.137. The van der Waals surface area contributed by atoms with E-state index in [2.05, 4.69) is 6.92 Å². The van der Waals surface area contributed by atoms with Crippen molar-refractivity contribution >= 4 is 0 Å². The van der Waals surface area contributed by atoms with Gasteiger partial charge in [-0.15, -0.1) is 0 Å². The Hall–Kier alpha value is -0.120. The molecular formula is C9H16O3. The summed E-state index contributed by atoms with van der Waals surface area (Å²) in [6, 6.07) is 0. The first-order valence-electron chi connectivity index (χ1n) is 4.59. The first kappa shape index (κ1) is 8.48. The van der Waals surface area contributed by atoms with E-state index in [0.717, 1.165) is 12.8 Å². The Bertz CT molecular complexity index is 167. The molecular weight excluding hydrogens is 156 g/mol. The molecule has 12 heavy (non-hydrogen) atoms. The highest BCUT2D eigenvalue weighted by atomic mass is 16.7. The maximum absolute atomic E-state index is 5.79. The molecule has 3 atom stereocenters. The number of rotatable bonds is 2. The molecule has 0 N–H and O–H groups in total. The van der Waals surface area contributed by atoms with E-state index in [4.69, 9.17) is 14.2 Å². The molecule has 0 aromatic carbocycles.